The zero-order valence-corrected chi connectivity index (χ0v) is 11.9. The summed E-state index contributed by atoms with van der Waals surface area (Å²) in [7, 11) is 2.25. The summed E-state index contributed by atoms with van der Waals surface area (Å²) < 4.78 is 0. The molecule has 0 aliphatic carbocycles. The van der Waals surface area contributed by atoms with Crippen LogP contribution in [0.15, 0.2) is 60.7 Å². The number of quaternary nitrogens is 1. The molecule has 2 aromatic rings. The summed E-state index contributed by atoms with van der Waals surface area (Å²) in [4.78, 5) is 1.48. The van der Waals surface area contributed by atoms with Crippen LogP contribution in [0.2, 0.25) is 0 Å². The van der Waals surface area contributed by atoms with Crippen LogP contribution >= 0.6 is 0 Å². The standard InChI is InChI=1S/C18H21NO/c1-19-17(14-8-4-2-5-9-14)12-16(20)13-18(19)15-10-6-3-7-11-15/h2-11,16-18,20H,12-13H2,1H3/p+1/t17-,18-/m1/s1. The molecule has 2 atom stereocenters. The number of likely N-dealkylation sites (tertiary alicyclic amines) is 1. The minimum Gasteiger partial charge on any atom is -0.393 e. The molecule has 0 aromatic heterocycles. The third-order valence-corrected chi connectivity index (χ3v) is 4.52. The maximum Gasteiger partial charge on any atom is 0.116 e. The van der Waals surface area contributed by atoms with Crippen molar-refractivity contribution in [2.75, 3.05) is 7.05 Å². The first-order chi connectivity index (χ1) is 9.75. The monoisotopic (exact) mass is 268 g/mol. The van der Waals surface area contributed by atoms with Gasteiger partial charge in [0, 0.05) is 24.0 Å². The first-order valence-corrected chi connectivity index (χ1v) is 7.37. The molecular formula is C18H22NO+. The third kappa shape index (κ3) is 2.62. The fraction of sp³-hybridized carbons (Fsp3) is 0.333. The zero-order chi connectivity index (χ0) is 13.9. The first kappa shape index (κ1) is 13.3. The second-order valence-corrected chi connectivity index (χ2v) is 5.80. The summed E-state index contributed by atoms with van der Waals surface area (Å²) in [6, 6.07) is 21.9. The topological polar surface area (TPSA) is 24.7 Å². The SMILES string of the molecule is C[NH+]1[C@@H](c2ccccc2)CC(O)C[C@@H]1c1ccccc1. The fourth-order valence-electron chi connectivity index (χ4n) is 3.42. The van der Waals surface area contributed by atoms with Crippen molar-refractivity contribution in [3.05, 3.63) is 71.8 Å². The van der Waals surface area contributed by atoms with Gasteiger partial charge in [0.2, 0.25) is 0 Å². The van der Waals surface area contributed by atoms with E-state index in [2.05, 4.69) is 55.6 Å². The molecule has 0 bridgehead atoms. The van der Waals surface area contributed by atoms with E-state index in [9.17, 15) is 5.11 Å². The number of nitrogens with one attached hydrogen (secondary N) is 1. The van der Waals surface area contributed by atoms with E-state index in [-0.39, 0.29) is 6.10 Å². The second-order valence-electron chi connectivity index (χ2n) is 5.80. The maximum atomic E-state index is 10.3. The van der Waals surface area contributed by atoms with Crippen molar-refractivity contribution in [1.82, 2.24) is 0 Å². The molecule has 0 amide bonds. The number of hydrogen-bond acceptors (Lipinski definition) is 1. The Hall–Kier alpha value is -1.64. The van der Waals surface area contributed by atoms with Crippen LogP contribution in [-0.4, -0.2) is 18.3 Å². The molecule has 2 N–H and O–H groups in total. The largest absolute Gasteiger partial charge is 0.393 e. The molecule has 2 aromatic carbocycles. The van der Waals surface area contributed by atoms with E-state index in [0.29, 0.717) is 12.1 Å². The number of piperidine rings is 1. The van der Waals surface area contributed by atoms with Crippen LogP contribution in [0.3, 0.4) is 0 Å². The molecule has 2 heteroatoms. The molecule has 2 nitrogen and oxygen atoms in total. The minimum absolute atomic E-state index is 0.214. The second kappa shape index (κ2) is 5.78. The van der Waals surface area contributed by atoms with Gasteiger partial charge in [-0.15, -0.1) is 0 Å². The lowest BCUT2D eigenvalue weighted by Crippen LogP contribution is -3.11. The number of hydrogen-bond donors (Lipinski definition) is 2. The average Bonchev–Trinajstić information content (AvgIpc) is 2.51. The van der Waals surface area contributed by atoms with Gasteiger partial charge < -0.3 is 10.0 Å². The van der Waals surface area contributed by atoms with Crippen molar-refractivity contribution in [3.63, 3.8) is 0 Å². The van der Waals surface area contributed by atoms with Crippen LogP contribution in [0.25, 0.3) is 0 Å². The lowest BCUT2D eigenvalue weighted by molar-refractivity contribution is -0.950. The quantitative estimate of drug-likeness (QED) is 0.857. The van der Waals surface area contributed by atoms with Crippen LogP contribution in [0.5, 0.6) is 0 Å². The Morgan fingerprint density at radius 3 is 1.60 bits per heavy atom. The molecule has 1 saturated heterocycles. The highest BCUT2D eigenvalue weighted by atomic mass is 16.3. The van der Waals surface area contributed by atoms with Crippen LogP contribution in [0.1, 0.15) is 36.1 Å². The van der Waals surface area contributed by atoms with Crippen molar-refractivity contribution >= 4 is 0 Å². The predicted octanol–water partition coefficient (Wildman–Crippen LogP) is 2.14. The van der Waals surface area contributed by atoms with Gasteiger partial charge >= 0.3 is 0 Å². The Balaban J connectivity index is 1.90. The highest BCUT2D eigenvalue weighted by Crippen LogP contribution is 2.28. The highest BCUT2D eigenvalue weighted by Gasteiger charge is 2.37. The number of benzene rings is 2. The maximum absolute atomic E-state index is 10.3. The Bertz CT molecular complexity index is 490. The molecule has 1 aliphatic heterocycles. The number of aliphatic hydroxyl groups is 1. The van der Waals surface area contributed by atoms with Crippen LogP contribution in [-0.2, 0) is 0 Å². The first-order valence-electron chi connectivity index (χ1n) is 7.37. The van der Waals surface area contributed by atoms with Crippen molar-refractivity contribution < 1.29 is 10.0 Å². The van der Waals surface area contributed by atoms with Gasteiger partial charge in [-0.05, 0) is 0 Å². The summed E-state index contributed by atoms with van der Waals surface area (Å²) in [5.74, 6) is 0. The van der Waals surface area contributed by atoms with Crippen LogP contribution < -0.4 is 4.90 Å². The normalized spacial score (nSPS) is 30.1. The van der Waals surface area contributed by atoms with Gasteiger partial charge in [0.05, 0.1) is 13.2 Å². The smallest absolute Gasteiger partial charge is 0.116 e. The minimum atomic E-state index is -0.214. The summed E-state index contributed by atoms with van der Waals surface area (Å²) in [5.41, 5.74) is 2.65. The Morgan fingerprint density at radius 1 is 0.800 bits per heavy atom. The van der Waals surface area contributed by atoms with Gasteiger partial charge in [0.15, 0.2) is 0 Å². The summed E-state index contributed by atoms with van der Waals surface area (Å²) in [5, 5.41) is 10.3. The van der Waals surface area contributed by atoms with E-state index in [1.165, 1.54) is 16.0 Å². The molecule has 1 aliphatic rings. The Kier molecular flexibility index (Phi) is 3.86. The van der Waals surface area contributed by atoms with Gasteiger partial charge in [-0.1, -0.05) is 60.7 Å². The molecule has 20 heavy (non-hydrogen) atoms. The molecule has 0 saturated carbocycles. The van der Waals surface area contributed by atoms with E-state index in [4.69, 9.17) is 0 Å². The molecule has 0 spiro atoms. The summed E-state index contributed by atoms with van der Waals surface area (Å²) in [6.07, 6.45) is 1.48. The molecule has 0 radical (unpaired) electrons. The van der Waals surface area contributed by atoms with Gasteiger partial charge in [-0.3, -0.25) is 0 Å². The molecule has 104 valence electrons. The van der Waals surface area contributed by atoms with E-state index in [1.54, 1.807) is 0 Å². The van der Waals surface area contributed by atoms with E-state index in [1.807, 2.05) is 12.1 Å². The molecular weight excluding hydrogens is 246 g/mol. The third-order valence-electron chi connectivity index (χ3n) is 4.52. The van der Waals surface area contributed by atoms with Crippen LogP contribution in [0.4, 0.5) is 0 Å². The Labute approximate surface area is 120 Å². The van der Waals surface area contributed by atoms with Gasteiger partial charge in [0.1, 0.15) is 12.1 Å². The van der Waals surface area contributed by atoms with E-state index < -0.39 is 0 Å². The number of aliphatic hydroxyl groups excluding tert-OH is 1. The summed E-state index contributed by atoms with van der Waals surface area (Å²) >= 11 is 0. The highest BCUT2D eigenvalue weighted by molar-refractivity contribution is 5.20. The lowest BCUT2D eigenvalue weighted by Gasteiger charge is -2.39. The van der Waals surface area contributed by atoms with Gasteiger partial charge in [0.25, 0.3) is 0 Å². The zero-order valence-electron chi connectivity index (χ0n) is 11.9. The molecule has 3 rings (SSSR count). The number of rotatable bonds is 2. The average molecular weight is 268 g/mol. The molecule has 1 heterocycles. The Morgan fingerprint density at radius 2 is 1.20 bits per heavy atom. The van der Waals surface area contributed by atoms with Gasteiger partial charge in [-0.25, -0.2) is 0 Å². The van der Waals surface area contributed by atoms with E-state index in [0.717, 1.165) is 12.8 Å². The van der Waals surface area contributed by atoms with E-state index >= 15 is 0 Å². The van der Waals surface area contributed by atoms with Crippen molar-refractivity contribution in [2.24, 2.45) is 0 Å². The van der Waals surface area contributed by atoms with Gasteiger partial charge in [-0.2, -0.15) is 0 Å². The van der Waals surface area contributed by atoms with Crippen molar-refractivity contribution in [1.29, 1.82) is 0 Å². The molecule has 1 fully saturated rings. The van der Waals surface area contributed by atoms with Crippen molar-refractivity contribution in [2.45, 2.75) is 31.0 Å². The molecule has 0 unspecified atom stereocenters. The lowest BCUT2D eigenvalue weighted by atomic mass is 9.86. The summed E-state index contributed by atoms with van der Waals surface area (Å²) in [6.45, 7) is 0. The van der Waals surface area contributed by atoms with Crippen LogP contribution in [0, 0.1) is 0 Å². The predicted molar refractivity (Wildman–Crippen MR) is 80.5 cm³/mol. The van der Waals surface area contributed by atoms with Crippen molar-refractivity contribution in [3.8, 4) is 0 Å². The fourth-order valence-corrected chi connectivity index (χ4v) is 3.42.